The molecule has 0 unspecified atom stereocenters. The van der Waals surface area contributed by atoms with Gasteiger partial charge in [0.05, 0.1) is 11.0 Å². The van der Waals surface area contributed by atoms with Crippen LogP contribution in [0.2, 0.25) is 5.02 Å². The Labute approximate surface area is 146 Å². The van der Waals surface area contributed by atoms with Crippen molar-refractivity contribution in [2.45, 2.75) is 38.0 Å². The third kappa shape index (κ3) is 3.32. The predicted octanol–water partition coefficient (Wildman–Crippen LogP) is 5.87. The van der Waals surface area contributed by atoms with Crippen molar-refractivity contribution < 1.29 is 4.39 Å². The molecule has 1 aliphatic carbocycles. The average molecular weight is 343 g/mol. The molecule has 2 aromatic carbocycles. The van der Waals surface area contributed by atoms with Crippen LogP contribution < -0.4 is 0 Å². The molecule has 3 aromatic rings. The molecular weight excluding hydrogens is 323 g/mol. The lowest BCUT2D eigenvalue weighted by molar-refractivity contribution is 0.321. The Morgan fingerprint density at radius 1 is 1.04 bits per heavy atom. The molecule has 1 N–H and O–H groups in total. The number of benzene rings is 2. The van der Waals surface area contributed by atoms with Crippen LogP contribution in [0.4, 0.5) is 4.39 Å². The van der Waals surface area contributed by atoms with Crippen LogP contribution in [0.1, 0.15) is 43.0 Å². The van der Waals surface area contributed by atoms with Gasteiger partial charge in [0.15, 0.2) is 0 Å². The Kier molecular flexibility index (Phi) is 4.28. The number of rotatable bonds is 3. The smallest absolute Gasteiger partial charge is 0.123 e. The largest absolute Gasteiger partial charge is 0.342 e. The molecule has 0 radical (unpaired) electrons. The van der Waals surface area contributed by atoms with Crippen LogP contribution >= 0.6 is 11.6 Å². The molecule has 0 atom stereocenters. The van der Waals surface area contributed by atoms with E-state index in [1.54, 1.807) is 12.1 Å². The van der Waals surface area contributed by atoms with Crippen LogP contribution in [0.3, 0.4) is 0 Å². The Morgan fingerprint density at radius 3 is 2.54 bits per heavy atom. The lowest BCUT2D eigenvalue weighted by atomic mass is 9.77. The summed E-state index contributed by atoms with van der Waals surface area (Å²) in [4.78, 5) is 8.07. The van der Waals surface area contributed by atoms with Crippen molar-refractivity contribution in [3.8, 4) is 0 Å². The van der Waals surface area contributed by atoms with E-state index in [1.165, 1.54) is 31.2 Å². The van der Waals surface area contributed by atoms with Gasteiger partial charge in [0.25, 0.3) is 0 Å². The highest BCUT2D eigenvalue weighted by atomic mass is 35.5. The van der Waals surface area contributed by atoms with E-state index in [0.29, 0.717) is 11.8 Å². The lowest BCUT2D eigenvalue weighted by Gasteiger charge is -2.28. The first-order chi connectivity index (χ1) is 11.7. The van der Waals surface area contributed by atoms with Crippen LogP contribution in [0.25, 0.3) is 11.0 Å². The summed E-state index contributed by atoms with van der Waals surface area (Å²) in [6, 6.07) is 12.8. The first-order valence-corrected chi connectivity index (χ1v) is 8.95. The van der Waals surface area contributed by atoms with E-state index >= 15 is 0 Å². The molecule has 0 saturated heterocycles. The van der Waals surface area contributed by atoms with Crippen molar-refractivity contribution in [2.24, 2.45) is 5.92 Å². The Bertz CT molecular complexity index is 832. The van der Waals surface area contributed by atoms with Crippen LogP contribution in [-0.4, -0.2) is 9.97 Å². The zero-order chi connectivity index (χ0) is 16.5. The number of aromatic amines is 1. The van der Waals surface area contributed by atoms with Crippen molar-refractivity contribution >= 4 is 22.6 Å². The van der Waals surface area contributed by atoms with E-state index in [2.05, 4.69) is 9.97 Å². The van der Waals surface area contributed by atoms with Crippen molar-refractivity contribution in [1.29, 1.82) is 0 Å². The van der Waals surface area contributed by atoms with E-state index in [4.69, 9.17) is 11.6 Å². The molecule has 4 rings (SSSR count). The van der Waals surface area contributed by atoms with E-state index in [9.17, 15) is 4.39 Å². The minimum Gasteiger partial charge on any atom is -0.342 e. The van der Waals surface area contributed by atoms with Gasteiger partial charge in [-0.25, -0.2) is 9.37 Å². The topological polar surface area (TPSA) is 28.7 Å². The number of imidazole rings is 1. The SMILES string of the molecule is Fc1ccc(C2CCC(Cc3nc4ccc(Cl)cc4[nH]3)CC2)cc1. The van der Waals surface area contributed by atoms with Gasteiger partial charge < -0.3 is 4.98 Å². The first kappa shape index (κ1) is 15.6. The molecular formula is C20H20ClFN2. The maximum absolute atomic E-state index is 13.1. The molecule has 1 aromatic heterocycles. The first-order valence-electron chi connectivity index (χ1n) is 8.57. The minimum absolute atomic E-state index is 0.155. The third-order valence-electron chi connectivity index (χ3n) is 5.16. The van der Waals surface area contributed by atoms with Crippen LogP contribution in [-0.2, 0) is 6.42 Å². The van der Waals surface area contributed by atoms with Crippen molar-refractivity contribution in [3.05, 3.63) is 64.7 Å². The molecule has 1 saturated carbocycles. The monoisotopic (exact) mass is 342 g/mol. The fourth-order valence-corrected chi connectivity index (χ4v) is 4.01. The number of nitrogens with one attached hydrogen (secondary N) is 1. The van der Waals surface area contributed by atoms with Crippen LogP contribution in [0, 0.1) is 11.7 Å². The van der Waals surface area contributed by atoms with Gasteiger partial charge in [0, 0.05) is 11.4 Å². The second-order valence-corrected chi connectivity index (χ2v) is 7.25. The lowest BCUT2D eigenvalue weighted by Crippen LogP contribution is -2.15. The molecule has 0 spiro atoms. The van der Waals surface area contributed by atoms with Gasteiger partial charge in [-0.1, -0.05) is 23.7 Å². The Balaban J connectivity index is 1.39. The molecule has 1 aliphatic rings. The highest BCUT2D eigenvalue weighted by molar-refractivity contribution is 6.31. The zero-order valence-electron chi connectivity index (χ0n) is 13.4. The normalized spacial score (nSPS) is 21.2. The van der Waals surface area contributed by atoms with Gasteiger partial charge in [-0.05, 0) is 73.4 Å². The highest BCUT2D eigenvalue weighted by Crippen LogP contribution is 2.37. The number of H-pyrrole nitrogens is 1. The van der Waals surface area contributed by atoms with E-state index in [1.807, 2.05) is 30.3 Å². The molecule has 1 fully saturated rings. The van der Waals surface area contributed by atoms with Gasteiger partial charge in [0.2, 0.25) is 0 Å². The summed E-state index contributed by atoms with van der Waals surface area (Å²) >= 11 is 6.03. The highest BCUT2D eigenvalue weighted by Gasteiger charge is 2.23. The van der Waals surface area contributed by atoms with E-state index < -0.39 is 0 Å². The van der Waals surface area contributed by atoms with Gasteiger partial charge in [0.1, 0.15) is 11.6 Å². The second-order valence-electron chi connectivity index (χ2n) is 6.82. The average Bonchev–Trinajstić information content (AvgIpc) is 2.98. The summed E-state index contributed by atoms with van der Waals surface area (Å²) in [5.74, 6) is 2.13. The zero-order valence-corrected chi connectivity index (χ0v) is 14.2. The third-order valence-corrected chi connectivity index (χ3v) is 5.40. The maximum Gasteiger partial charge on any atom is 0.123 e. The van der Waals surface area contributed by atoms with E-state index in [-0.39, 0.29) is 5.82 Å². The Morgan fingerprint density at radius 2 is 1.79 bits per heavy atom. The van der Waals surface area contributed by atoms with Crippen molar-refractivity contribution in [2.75, 3.05) is 0 Å². The summed E-state index contributed by atoms with van der Waals surface area (Å²) in [5, 5.41) is 0.734. The molecule has 0 aliphatic heterocycles. The number of nitrogens with zero attached hydrogens (tertiary/aromatic N) is 1. The number of aromatic nitrogens is 2. The number of fused-ring (bicyclic) bond motifs is 1. The van der Waals surface area contributed by atoms with Gasteiger partial charge in [-0.3, -0.25) is 0 Å². The standard InChI is InChI=1S/C20H20ClFN2/c21-16-7-10-18-19(12-16)24-20(23-18)11-13-1-3-14(4-2-13)15-5-8-17(22)9-6-15/h5-10,12-14H,1-4,11H2,(H,23,24). The molecule has 24 heavy (non-hydrogen) atoms. The molecule has 4 heteroatoms. The minimum atomic E-state index is -0.155. The molecule has 0 bridgehead atoms. The molecule has 124 valence electrons. The summed E-state index contributed by atoms with van der Waals surface area (Å²) in [6.07, 6.45) is 5.72. The fourth-order valence-electron chi connectivity index (χ4n) is 3.84. The van der Waals surface area contributed by atoms with Gasteiger partial charge >= 0.3 is 0 Å². The predicted molar refractivity (Wildman–Crippen MR) is 95.9 cm³/mol. The summed E-state index contributed by atoms with van der Waals surface area (Å²) < 4.78 is 13.1. The summed E-state index contributed by atoms with van der Waals surface area (Å²) in [6.45, 7) is 0. The molecule has 0 amide bonds. The van der Waals surface area contributed by atoms with E-state index in [0.717, 1.165) is 28.3 Å². The second kappa shape index (κ2) is 6.56. The molecule has 1 heterocycles. The van der Waals surface area contributed by atoms with Crippen LogP contribution in [0.5, 0.6) is 0 Å². The van der Waals surface area contributed by atoms with Crippen molar-refractivity contribution in [3.63, 3.8) is 0 Å². The number of hydrogen-bond donors (Lipinski definition) is 1. The summed E-state index contributed by atoms with van der Waals surface area (Å²) in [7, 11) is 0. The summed E-state index contributed by atoms with van der Waals surface area (Å²) in [5.41, 5.74) is 3.26. The van der Waals surface area contributed by atoms with Crippen molar-refractivity contribution in [1.82, 2.24) is 9.97 Å². The van der Waals surface area contributed by atoms with Gasteiger partial charge in [-0.15, -0.1) is 0 Å². The van der Waals surface area contributed by atoms with Crippen LogP contribution in [0.15, 0.2) is 42.5 Å². The fraction of sp³-hybridized carbons (Fsp3) is 0.350. The number of halogens is 2. The number of hydrogen-bond acceptors (Lipinski definition) is 1. The van der Waals surface area contributed by atoms with Gasteiger partial charge in [-0.2, -0.15) is 0 Å². The maximum atomic E-state index is 13.1. The Hall–Kier alpha value is -1.87. The molecule has 2 nitrogen and oxygen atoms in total. The quantitative estimate of drug-likeness (QED) is 0.633.